The fourth-order valence-corrected chi connectivity index (χ4v) is 1.29. The molecule has 0 saturated heterocycles. The number of nitro benzene ring substituents is 1. The molecule has 15 heavy (non-hydrogen) atoms. The van der Waals surface area contributed by atoms with Crippen LogP contribution in [0.1, 0.15) is 23.2 Å². The van der Waals surface area contributed by atoms with Crippen LogP contribution in [0.25, 0.3) is 0 Å². The number of ether oxygens (including phenoxy) is 1. The second-order valence-electron chi connectivity index (χ2n) is 3.39. The summed E-state index contributed by atoms with van der Waals surface area (Å²) < 4.78 is 5.36. The van der Waals surface area contributed by atoms with Gasteiger partial charge in [0, 0.05) is 0 Å². The van der Waals surface area contributed by atoms with E-state index >= 15 is 0 Å². The van der Waals surface area contributed by atoms with Gasteiger partial charge in [0.25, 0.3) is 0 Å². The normalized spacial score (nSPS) is 14.7. The van der Waals surface area contributed by atoms with Crippen LogP contribution >= 0.6 is 0 Å². The number of benzene rings is 1. The number of carbonyl (C=O) groups is 1. The van der Waals surface area contributed by atoms with Crippen molar-refractivity contribution in [3.63, 3.8) is 0 Å². The number of para-hydroxylation sites is 1. The van der Waals surface area contributed by atoms with Gasteiger partial charge >= 0.3 is 5.69 Å². The van der Waals surface area contributed by atoms with Gasteiger partial charge in [-0.2, -0.15) is 0 Å². The Morgan fingerprint density at radius 2 is 2.20 bits per heavy atom. The summed E-state index contributed by atoms with van der Waals surface area (Å²) in [5.74, 6) is 0.187. The highest BCUT2D eigenvalue weighted by molar-refractivity contribution is 5.83. The standard InChI is InChI=1S/C10H9NO4/c12-6-7-2-1-3-9(10(7)11(13)14)15-8-4-5-8/h1-3,6,8H,4-5H2. The molecule has 78 valence electrons. The van der Waals surface area contributed by atoms with Crippen LogP contribution in [0.15, 0.2) is 18.2 Å². The van der Waals surface area contributed by atoms with E-state index in [4.69, 9.17) is 4.74 Å². The third kappa shape index (κ3) is 1.96. The van der Waals surface area contributed by atoms with Crippen LogP contribution < -0.4 is 4.74 Å². The number of nitro groups is 1. The lowest BCUT2D eigenvalue weighted by Crippen LogP contribution is -2.02. The molecule has 1 aromatic carbocycles. The first-order chi connectivity index (χ1) is 7.22. The quantitative estimate of drug-likeness (QED) is 0.430. The van der Waals surface area contributed by atoms with Gasteiger partial charge < -0.3 is 4.74 Å². The van der Waals surface area contributed by atoms with Crippen LogP contribution in [0.4, 0.5) is 5.69 Å². The lowest BCUT2D eigenvalue weighted by atomic mass is 10.2. The monoisotopic (exact) mass is 207 g/mol. The zero-order chi connectivity index (χ0) is 10.8. The fourth-order valence-electron chi connectivity index (χ4n) is 1.29. The lowest BCUT2D eigenvalue weighted by Gasteiger charge is -2.05. The Labute approximate surface area is 85.8 Å². The third-order valence-corrected chi connectivity index (χ3v) is 2.16. The number of carbonyl (C=O) groups excluding carboxylic acids is 1. The van der Waals surface area contributed by atoms with Crippen molar-refractivity contribution in [2.24, 2.45) is 0 Å². The first kappa shape index (κ1) is 9.64. The van der Waals surface area contributed by atoms with Crippen LogP contribution in [-0.4, -0.2) is 17.3 Å². The number of aldehydes is 1. The molecule has 0 aromatic heterocycles. The molecule has 1 fully saturated rings. The third-order valence-electron chi connectivity index (χ3n) is 2.16. The highest BCUT2D eigenvalue weighted by Crippen LogP contribution is 2.34. The molecule has 1 saturated carbocycles. The summed E-state index contributed by atoms with van der Waals surface area (Å²) in [7, 11) is 0. The van der Waals surface area contributed by atoms with E-state index in [2.05, 4.69) is 0 Å². The van der Waals surface area contributed by atoms with E-state index in [1.165, 1.54) is 12.1 Å². The zero-order valence-electron chi connectivity index (χ0n) is 7.88. The van der Waals surface area contributed by atoms with Crippen LogP contribution in [0, 0.1) is 10.1 Å². The smallest absolute Gasteiger partial charge is 0.321 e. The maximum Gasteiger partial charge on any atom is 0.321 e. The Balaban J connectivity index is 2.41. The molecule has 1 aliphatic rings. The molecule has 2 rings (SSSR count). The summed E-state index contributed by atoms with van der Waals surface area (Å²) in [6, 6.07) is 4.50. The highest BCUT2D eigenvalue weighted by Gasteiger charge is 2.28. The van der Waals surface area contributed by atoms with Crippen LogP contribution in [-0.2, 0) is 0 Å². The lowest BCUT2D eigenvalue weighted by molar-refractivity contribution is -0.386. The van der Waals surface area contributed by atoms with Crippen molar-refractivity contribution in [3.8, 4) is 5.75 Å². The van der Waals surface area contributed by atoms with E-state index in [0.29, 0.717) is 6.29 Å². The molecular formula is C10H9NO4. The first-order valence-corrected chi connectivity index (χ1v) is 4.61. The maximum absolute atomic E-state index is 10.8. The average Bonchev–Trinajstić information content (AvgIpc) is 3.01. The molecule has 0 radical (unpaired) electrons. The molecule has 1 aliphatic carbocycles. The predicted molar refractivity (Wildman–Crippen MR) is 52.1 cm³/mol. The van der Waals surface area contributed by atoms with Crippen molar-refractivity contribution in [3.05, 3.63) is 33.9 Å². The van der Waals surface area contributed by atoms with E-state index in [1.54, 1.807) is 6.07 Å². The Hall–Kier alpha value is -1.91. The maximum atomic E-state index is 10.8. The van der Waals surface area contributed by atoms with Crippen molar-refractivity contribution < 1.29 is 14.5 Å². The van der Waals surface area contributed by atoms with Crippen molar-refractivity contribution in [2.75, 3.05) is 0 Å². The number of hydrogen-bond acceptors (Lipinski definition) is 4. The molecular weight excluding hydrogens is 198 g/mol. The Bertz CT molecular complexity index is 412. The molecule has 0 atom stereocenters. The Morgan fingerprint density at radius 3 is 2.73 bits per heavy atom. The zero-order valence-corrected chi connectivity index (χ0v) is 7.88. The van der Waals surface area contributed by atoms with Crippen LogP contribution in [0.5, 0.6) is 5.75 Å². The molecule has 5 nitrogen and oxygen atoms in total. The van der Waals surface area contributed by atoms with E-state index in [-0.39, 0.29) is 23.1 Å². The topological polar surface area (TPSA) is 69.4 Å². The molecule has 0 bridgehead atoms. The van der Waals surface area contributed by atoms with E-state index < -0.39 is 4.92 Å². The molecule has 0 N–H and O–H groups in total. The van der Waals surface area contributed by atoms with Gasteiger partial charge in [-0.3, -0.25) is 14.9 Å². The predicted octanol–water partition coefficient (Wildman–Crippen LogP) is 1.95. The van der Waals surface area contributed by atoms with Crippen LogP contribution in [0.2, 0.25) is 0 Å². The highest BCUT2D eigenvalue weighted by atomic mass is 16.6. The molecule has 0 heterocycles. The van der Waals surface area contributed by atoms with Crippen molar-refractivity contribution in [2.45, 2.75) is 18.9 Å². The van der Waals surface area contributed by atoms with Crippen LogP contribution in [0.3, 0.4) is 0 Å². The molecule has 5 heteroatoms. The summed E-state index contributed by atoms with van der Waals surface area (Å²) >= 11 is 0. The van der Waals surface area contributed by atoms with Gasteiger partial charge in [-0.15, -0.1) is 0 Å². The minimum absolute atomic E-state index is 0.0538. The van der Waals surface area contributed by atoms with Gasteiger partial charge in [-0.05, 0) is 25.0 Å². The Kier molecular flexibility index (Phi) is 2.37. The Morgan fingerprint density at radius 1 is 1.47 bits per heavy atom. The summed E-state index contributed by atoms with van der Waals surface area (Å²) in [4.78, 5) is 20.8. The minimum Gasteiger partial charge on any atom is -0.483 e. The van der Waals surface area contributed by atoms with E-state index in [0.717, 1.165) is 12.8 Å². The van der Waals surface area contributed by atoms with Gasteiger partial charge in [0.1, 0.15) is 0 Å². The van der Waals surface area contributed by atoms with E-state index in [9.17, 15) is 14.9 Å². The molecule has 0 unspecified atom stereocenters. The number of nitrogens with zero attached hydrogens (tertiary/aromatic N) is 1. The summed E-state index contributed by atoms with van der Waals surface area (Å²) in [5, 5.41) is 10.8. The summed E-state index contributed by atoms with van der Waals surface area (Å²) in [5.41, 5.74) is -0.183. The molecule has 0 amide bonds. The SMILES string of the molecule is O=Cc1cccc(OC2CC2)c1[N+](=O)[O-]. The van der Waals surface area contributed by atoms with Gasteiger partial charge in [0.15, 0.2) is 12.0 Å². The van der Waals surface area contributed by atoms with Gasteiger partial charge in [0.2, 0.25) is 0 Å². The van der Waals surface area contributed by atoms with Crippen molar-refractivity contribution >= 4 is 12.0 Å². The van der Waals surface area contributed by atoms with Gasteiger partial charge in [-0.1, -0.05) is 6.07 Å². The second kappa shape index (κ2) is 3.68. The average molecular weight is 207 g/mol. The number of rotatable bonds is 4. The van der Waals surface area contributed by atoms with Crippen molar-refractivity contribution in [1.29, 1.82) is 0 Å². The molecule has 0 spiro atoms. The molecule has 1 aromatic rings. The fraction of sp³-hybridized carbons (Fsp3) is 0.300. The van der Waals surface area contributed by atoms with Gasteiger partial charge in [0.05, 0.1) is 16.6 Å². The largest absolute Gasteiger partial charge is 0.483 e. The van der Waals surface area contributed by atoms with Crippen molar-refractivity contribution in [1.82, 2.24) is 0 Å². The summed E-state index contributed by atoms with van der Waals surface area (Å²) in [6.07, 6.45) is 2.38. The number of hydrogen-bond donors (Lipinski definition) is 0. The summed E-state index contributed by atoms with van der Waals surface area (Å²) in [6.45, 7) is 0. The first-order valence-electron chi connectivity index (χ1n) is 4.61. The molecule has 0 aliphatic heterocycles. The van der Waals surface area contributed by atoms with E-state index in [1.807, 2.05) is 0 Å². The second-order valence-corrected chi connectivity index (χ2v) is 3.39. The van der Waals surface area contributed by atoms with Gasteiger partial charge in [-0.25, -0.2) is 0 Å². The minimum atomic E-state index is -0.582.